The molecule has 0 saturated heterocycles. The molecule has 0 radical (unpaired) electrons. The highest BCUT2D eigenvalue weighted by molar-refractivity contribution is 6.31. The summed E-state index contributed by atoms with van der Waals surface area (Å²) >= 11 is 5.74. The highest BCUT2D eigenvalue weighted by atomic mass is 35.5. The molecule has 4 heteroatoms. The van der Waals surface area contributed by atoms with Gasteiger partial charge in [0, 0.05) is 10.6 Å². The molecule has 1 aromatic carbocycles. The lowest BCUT2D eigenvalue weighted by Gasteiger charge is -2.04. The minimum Gasteiger partial charge on any atom is -0.494 e. The molecule has 1 aromatic rings. The van der Waals surface area contributed by atoms with Crippen molar-refractivity contribution in [2.75, 3.05) is 6.61 Å². The first kappa shape index (κ1) is 9.86. The Balaban J connectivity index is 3.03. The van der Waals surface area contributed by atoms with Crippen LogP contribution in [0.25, 0.3) is 0 Å². The second-order valence-corrected chi connectivity index (χ2v) is 2.91. The van der Waals surface area contributed by atoms with E-state index in [0.29, 0.717) is 22.9 Å². The third-order valence-corrected chi connectivity index (χ3v) is 1.69. The van der Waals surface area contributed by atoms with Gasteiger partial charge in [-0.25, -0.2) is 0 Å². The summed E-state index contributed by atoms with van der Waals surface area (Å²) in [6.07, 6.45) is 0. The van der Waals surface area contributed by atoms with Crippen LogP contribution < -0.4 is 10.5 Å². The Morgan fingerprint density at radius 3 is 2.77 bits per heavy atom. The Morgan fingerprint density at radius 1 is 1.54 bits per heavy atom. The molecule has 0 aliphatic carbocycles. The Bertz CT molecular complexity index is 325. The predicted octanol–water partition coefficient (Wildman–Crippen LogP) is 1.84. The summed E-state index contributed by atoms with van der Waals surface area (Å²) in [7, 11) is 0. The van der Waals surface area contributed by atoms with Crippen LogP contribution in [0.2, 0.25) is 5.02 Å². The van der Waals surface area contributed by atoms with Gasteiger partial charge in [-0.3, -0.25) is 4.79 Å². The molecule has 70 valence electrons. The average Bonchev–Trinajstić information content (AvgIpc) is 2.03. The standard InChI is InChI=1S/C9H10ClNO2/c1-2-13-8-4-6(9(11)12)3-7(10)5-8/h3-5H,2H2,1H3,(H2,11,12). The fourth-order valence-electron chi connectivity index (χ4n) is 0.955. The van der Waals surface area contributed by atoms with Gasteiger partial charge in [-0.05, 0) is 25.1 Å². The zero-order chi connectivity index (χ0) is 9.84. The van der Waals surface area contributed by atoms with Gasteiger partial charge in [0.05, 0.1) is 6.61 Å². The molecule has 2 N–H and O–H groups in total. The van der Waals surface area contributed by atoms with E-state index in [-0.39, 0.29) is 0 Å². The lowest BCUT2D eigenvalue weighted by Crippen LogP contribution is -2.11. The predicted molar refractivity (Wildman–Crippen MR) is 51.1 cm³/mol. The molecule has 3 nitrogen and oxygen atoms in total. The maximum Gasteiger partial charge on any atom is 0.248 e. The van der Waals surface area contributed by atoms with Crippen LogP contribution in [0.4, 0.5) is 0 Å². The molecule has 0 saturated carbocycles. The first-order valence-electron chi connectivity index (χ1n) is 3.86. The van der Waals surface area contributed by atoms with Crippen molar-refractivity contribution in [2.45, 2.75) is 6.92 Å². The molecule has 13 heavy (non-hydrogen) atoms. The Kier molecular flexibility index (Phi) is 3.14. The monoisotopic (exact) mass is 199 g/mol. The van der Waals surface area contributed by atoms with Gasteiger partial charge in [0.15, 0.2) is 0 Å². The minimum atomic E-state index is -0.511. The van der Waals surface area contributed by atoms with Crippen molar-refractivity contribution in [2.24, 2.45) is 5.73 Å². The van der Waals surface area contributed by atoms with Crippen molar-refractivity contribution >= 4 is 17.5 Å². The molecule has 0 unspecified atom stereocenters. The van der Waals surface area contributed by atoms with Gasteiger partial charge < -0.3 is 10.5 Å². The van der Waals surface area contributed by atoms with Gasteiger partial charge >= 0.3 is 0 Å². The number of hydrogen-bond acceptors (Lipinski definition) is 2. The van der Waals surface area contributed by atoms with Crippen molar-refractivity contribution in [1.82, 2.24) is 0 Å². The van der Waals surface area contributed by atoms with Crippen molar-refractivity contribution in [1.29, 1.82) is 0 Å². The van der Waals surface area contributed by atoms with Crippen LogP contribution in [-0.4, -0.2) is 12.5 Å². The average molecular weight is 200 g/mol. The summed E-state index contributed by atoms with van der Waals surface area (Å²) < 4.78 is 5.19. The third-order valence-electron chi connectivity index (χ3n) is 1.47. The molecule has 1 amide bonds. The molecule has 0 aromatic heterocycles. The summed E-state index contributed by atoms with van der Waals surface area (Å²) in [5.41, 5.74) is 5.45. The van der Waals surface area contributed by atoms with E-state index < -0.39 is 5.91 Å². The molecular formula is C9H10ClNO2. The Labute approximate surface area is 81.4 Å². The topological polar surface area (TPSA) is 52.3 Å². The summed E-state index contributed by atoms with van der Waals surface area (Å²) in [5, 5.41) is 0.444. The Morgan fingerprint density at radius 2 is 2.23 bits per heavy atom. The quantitative estimate of drug-likeness (QED) is 0.808. The lowest BCUT2D eigenvalue weighted by molar-refractivity contribution is 0.1000. The van der Waals surface area contributed by atoms with Crippen LogP contribution in [0.15, 0.2) is 18.2 Å². The first-order chi connectivity index (χ1) is 6.13. The highest BCUT2D eigenvalue weighted by Crippen LogP contribution is 2.20. The lowest BCUT2D eigenvalue weighted by atomic mass is 10.2. The largest absolute Gasteiger partial charge is 0.494 e. The van der Waals surface area contributed by atoms with Crippen LogP contribution in [0.5, 0.6) is 5.75 Å². The molecule has 0 bridgehead atoms. The van der Waals surface area contributed by atoms with Gasteiger partial charge in [-0.1, -0.05) is 11.6 Å². The molecule has 0 atom stereocenters. The summed E-state index contributed by atoms with van der Waals surface area (Å²) in [5.74, 6) is 0.0484. The van der Waals surface area contributed by atoms with E-state index >= 15 is 0 Å². The maximum absolute atomic E-state index is 10.8. The highest BCUT2D eigenvalue weighted by Gasteiger charge is 2.04. The van der Waals surface area contributed by atoms with Crippen LogP contribution >= 0.6 is 11.6 Å². The van der Waals surface area contributed by atoms with Gasteiger partial charge in [0.2, 0.25) is 5.91 Å². The molecule has 0 aliphatic rings. The molecule has 1 rings (SSSR count). The summed E-state index contributed by atoms with van der Waals surface area (Å²) in [6, 6.07) is 4.71. The number of primary amides is 1. The van der Waals surface area contributed by atoms with E-state index in [1.165, 1.54) is 6.07 Å². The SMILES string of the molecule is CCOc1cc(Cl)cc(C(N)=O)c1. The number of hydrogen-bond donors (Lipinski definition) is 1. The number of ether oxygens (including phenoxy) is 1. The first-order valence-corrected chi connectivity index (χ1v) is 4.24. The van der Waals surface area contributed by atoms with E-state index in [1.807, 2.05) is 6.92 Å². The normalized spacial score (nSPS) is 9.69. The zero-order valence-electron chi connectivity index (χ0n) is 7.21. The summed E-state index contributed by atoms with van der Waals surface area (Å²) in [4.78, 5) is 10.8. The van der Waals surface area contributed by atoms with Crippen LogP contribution in [0.3, 0.4) is 0 Å². The summed E-state index contributed by atoms with van der Waals surface area (Å²) in [6.45, 7) is 2.38. The second kappa shape index (κ2) is 4.14. The fraction of sp³-hybridized carbons (Fsp3) is 0.222. The van der Waals surface area contributed by atoms with E-state index in [0.717, 1.165) is 0 Å². The molecule has 0 aliphatic heterocycles. The van der Waals surface area contributed by atoms with Crippen molar-refractivity contribution < 1.29 is 9.53 Å². The van der Waals surface area contributed by atoms with Gasteiger partial charge in [-0.2, -0.15) is 0 Å². The molecule has 0 heterocycles. The van der Waals surface area contributed by atoms with E-state index in [9.17, 15) is 4.79 Å². The maximum atomic E-state index is 10.8. The fourth-order valence-corrected chi connectivity index (χ4v) is 1.18. The number of carbonyl (C=O) groups is 1. The van der Waals surface area contributed by atoms with Crippen LogP contribution in [-0.2, 0) is 0 Å². The van der Waals surface area contributed by atoms with E-state index in [4.69, 9.17) is 22.1 Å². The van der Waals surface area contributed by atoms with Gasteiger partial charge in [0.25, 0.3) is 0 Å². The number of nitrogens with two attached hydrogens (primary N) is 1. The van der Waals surface area contributed by atoms with Crippen molar-refractivity contribution in [3.8, 4) is 5.75 Å². The molecular weight excluding hydrogens is 190 g/mol. The number of carbonyl (C=O) groups excluding carboxylic acids is 1. The number of halogens is 1. The zero-order valence-corrected chi connectivity index (χ0v) is 7.97. The molecule has 0 spiro atoms. The van der Waals surface area contributed by atoms with Crippen LogP contribution in [0.1, 0.15) is 17.3 Å². The third kappa shape index (κ3) is 2.63. The smallest absolute Gasteiger partial charge is 0.248 e. The number of rotatable bonds is 3. The van der Waals surface area contributed by atoms with E-state index in [1.54, 1.807) is 12.1 Å². The number of benzene rings is 1. The minimum absolute atomic E-state index is 0.357. The van der Waals surface area contributed by atoms with Gasteiger partial charge in [-0.15, -0.1) is 0 Å². The van der Waals surface area contributed by atoms with Crippen molar-refractivity contribution in [3.05, 3.63) is 28.8 Å². The molecule has 0 fully saturated rings. The van der Waals surface area contributed by atoms with Gasteiger partial charge in [0.1, 0.15) is 5.75 Å². The Hall–Kier alpha value is -1.22. The number of amides is 1. The van der Waals surface area contributed by atoms with E-state index in [2.05, 4.69) is 0 Å². The second-order valence-electron chi connectivity index (χ2n) is 2.47. The van der Waals surface area contributed by atoms with Crippen LogP contribution in [0, 0.1) is 0 Å². The van der Waals surface area contributed by atoms with Crippen molar-refractivity contribution in [3.63, 3.8) is 0 Å².